The Kier molecular flexibility index (Phi) is 7.06. The molecule has 0 bridgehead atoms. The van der Waals surface area contributed by atoms with Gasteiger partial charge in [0, 0.05) is 44.0 Å². The average Bonchev–Trinajstić information content (AvgIpc) is 3.32. The summed E-state index contributed by atoms with van der Waals surface area (Å²) in [6.07, 6.45) is 0.724. The molecular formula is C23H27N3O5S2. The van der Waals surface area contributed by atoms with Crippen LogP contribution in [0.5, 0.6) is 17.2 Å². The van der Waals surface area contributed by atoms with Gasteiger partial charge >= 0.3 is 0 Å². The molecule has 0 aliphatic carbocycles. The Labute approximate surface area is 198 Å². The van der Waals surface area contributed by atoms with Crippen LogP contribution in [0.2, 0.25) is 0 Å². The van der Waals surface area contributed by atoms with Gasteiger partial charge in [0.05, 0.1) is 31.9 Å². The highest BCUT2D eigenvalue weighted by molar-refractivity contribution is 7.89. The number of aromatic nitrogens is 1. The zero-order valence-electron chi connectivity index (χ0n) is 18.9. The number of hydrogen-bond acceptors (Lipinski definition) is 8. The Bertz CT molecular complexity index is 1200. The van der Waals surface area contributed by atoms with Crippen LogP contribution in [0, 0.1) is 0 Å². The lowest BCUT2D eigenvalue weighted by molar-refractivity contribution is 0.353. The molecule has 10 heteroatoms. The molecule has 0 spiro atoms. The van der Waals surface area contributed by atoms with Gasteiger partial charge in [-0.1, -0.05) is 12.1 Å². The summed E-state index contributed by atoms with van der Waals surface area (Å²) in [4.78, 5) is 7.11. The number of hydrogen-bond donors (Lipinski definition) is 0. The van der Waals surface area contributed by atoms with Crippen LogP contribution in [0.25, 0.3) is 0 Å². The number of rotatable bonds is 8. The molecule has 0 N–H and O–H groups in total. The van der Waals surface area contributed by atoms with E-state index >= 15 is 0 Å². The molecule has 0 saturated carbocycles. The summed E-state index contributed by atoms with van der Waals surface area (Å²) < 4.78 is 43.6. The second-order valence-corrected chi connectivity index (χ2v) is 10.3. The molecule has 2 heterocycles. The van der Waals surface area contributed by atoms with Gasteiger partial charge in [-0.2, -0.15) is 4.31 Å². The Balaban J connectivity index is 1.41. The fourth-order valence-corrected chi connectivity index (χ4v) is 6.08. The average molecular weight is 490 g/mol. The summed E-state index contributed by atoms with van der Waals surface area (Å²) in [6, 6.07) is 12.6. The van der Waals surface area contributed by atoms with Gasteiger partial charge in [0.15, 0.2) is 16.6 Å². The van der Waals surface area contributed by atoms with E-state index in [1.807, 2.05) is 18.2 Å². The lowest BCUT2D eigenvalue weighted by Crippen LogP contribution is -2.48. The van der Waals surface area contributed by atoms with Gasteiger partial charge in [-0.25, -0.2) is 13.4 Å². The molecule has 1 saturated heterocycles. The Morgan fingerprint density at radius 2 is 1.70 bits per heavy atom. The van der Waals surface area contributed by atoms with E-state index in [-0.39, 0.29) is 4.90 Å². The van der Waals surface area contributed by atoms with Crippen molar-refractivity contribution in [2.24, 2.45) is 0 Å². The van der Waals surface area contributed by atoms with Crippen molar-refractivity contribution >= 4 is 26.5 Å². The van der Waals surface area contributed by atoms with Crippen molar-refractivity contribution in [2.75, 3.05) is 52.4 Å². The first-order valence-corrected chi connectivity index (χ1v) is 12.8. The summed E-state index contributed by atoms with van der Waals surface area (Å²) in [5.41, 5.74) is 2.13. The molecular weight excluding hydrogens is 462 g/mol. The minimum Gasteiger partial charge on any atom is -0.497 e. The van der Waals surface area contributed by atoms with E-state index in [9.17, 15) is 8.42 Å². The van der Waals surface area contributed by atoms with Crippen LogP contribution in [0.3, 0.4) is 0 Å². The number of benzene rings is 2. The fraction of sp³-hybridized carbons (Fsp3) is 0.348. The quantitative estimate of drug-likeness (QED) is 0.480. The maximum Gasteiger partial charge on any atom is 0.243 e. The molecule has 3 aromatic rings. The predicted molar refractivity (Wildman–Crippen MR) is 128 cm³/mol. The van der Waals surface area contributed by atoms with Crippen LogP contribution in [-0.2, 0) is 16.4 Å². The molecule has 0 atom stereocenters. The Morgan fingerprint density at radius 3 is 2.39 bits per heavy atom. The SMILES string of the molecule is COc1cccc(Cc2csc(N3CCN(S(=O)(=O)c4ccc(OC)c(OC)c4)CC3)n2)c1. The van der Waals surface area contributed by atoms with Gasteiger partial charge < -0.3 is 19.1 Å². The molecule has 8 nitrogen and oxygen atoms in total. The topological polar surface area (TPSA) is 81.2 Å². The third-order valence-corrected chi connectivity index (χ3v) is 8.41. The summed E-state index contributed by atoms with van der Waals surface area (Å²) in [5.74, 6) is 1.72. The van der Waals surface area contributed by atoms with Crippen LogP contribution in [0.1, 0.15) is 11.3 Å². The summed E-state index contributed by atoms with van der Waals surface area (Å²) in [5, 5.41) is 2.97. The first kappa shape index (κ1) is 23.3. The zero-order valence-corrected chi connectivity index (χ0v) is 20.5. The lowest BCUT2D eigenvalue weighted by atomic mass is 10.1. The van der Waals surface area contributed by atoms with Gasteiger partial charge in [0.1, 0.15) is 5.75 Å². The largest absolute Gasteiger partial charge is 0.497 e. The van der Waals surface area contributed by atoms with Gasteiger partial charge in [0.2, 0.25) is 10.0 Å². The monoisotopic (exact) mass is 489 g/mol. The van der Waals surface area contributed by atoms with Crippen molar-refractivity contribution in [2.45, 2.75) is 11.3 Å². The van der Waals surface area contributed by atoms with E-state index in [2.05, 4.69) is 16.3 Å². The van der Waals surface area contributed by atoms with Crippen molar-refractivity contribution in [3.63, 3.8) is 0 Å². The van der Waals surface area contributed by atoms with Gasteiger partial charge in [0.25, 0.3) is 0 Å². The van der Waals surface area contributed by atoms with Gasteiger partial charge in [-0.15, -0.1) is 11.3 Å². The number of anilines is 1. The molecule has 1 fully saturated rings. The fourth-order valence-electron chi connectivity index (χ4n) is 3.76. The molecule has 2 aromatic carbocycles. The molecule has 0 radical (unpaired) electrons. The molecule has 33 heavy (non-hydrogen) atoms. The smallest absolute Gasteiger partial charge is 0.243 e. The number of nitrogens with zero attached hydrogens (tertiary/aromatic N) is 3. The molecule has 1 aliphatic rings. The summed E-state index contributed by atoms with van der Waals surface area (Å²) >= 11 is 1.58. The standard InChI is InChI=1S/C23H27N3O5S2/c1-29-19-6-4-5-17(14-19)13-18-16-32-23(24-18)25-9-11-26(12-10-25)33(27,28)20-7-8-21(30-2)22(15-20)31-3/h4-8,14-16H,9-13H2,1-3H3. The maximum absolute atomic E-state index is 13.1. The molecule has 1 aromatic heterocycles. The highest BCUT2D eigenvalue weighted by Crippen LogP contribution is 2.31. The van der Waals surface area contributed by atoms with Crippen LogP contribution in [-0.4, -0.2) is 65.2 Å². The van der Waals surface area contributed by atoms with Gasteiger partial charge in [-0.05, 0) is 29.8 Å². The molecule has 0 amide bonds. The normalized spacial score (nSPS) is 14.8. The van der Waals surface area contributed by atoms with Crippen LogP contribution in [0.4, 0.5) is 5.13 Å². The third kappa shape index (κ3) is 5.07. The minimum atomic E-state index is -3.63. The van der Waals surface area contributed by atoms with E-state index in [4.69, 9.17) is 19.2 Å². The van der Waals surface area contributed by atoms with E-state index in [1.54, 1.807) is 30.6 Å². The number of methoxy groups -OCH3 is 3. The molecule has 0 unspecified atom stereocenters. The summed E-state index contributed by atoms with van der Waals surface area (Å²) in [7, 11) is 1.04. The van der Waals surface area contributed by atoms with E-state index in [0.29, 0.717) is 37.7 Å². The number of sulfonamides is 1. The van der Waals surface area contributed by atoms with Crippen molar-refractivity contribution < 1.29 is 22.6 Å². The third-order valence-electron chi connectivity index (χ3n) is 5.56. The highest BCUT2D eigenvalue weighted by Gasteiger charge is 2.30. The number of piperazine rings is 1. The molecule has 4 rings (SSSR count). The first-order valence-electron chi connectivity index (χ1n) is 10.5. The van der Waals surface area contributed by atoms with Crippen LogP contribution < -0.4 is 19.1 Å². The van der Waals surface area contributed by atoms with E-state index < -0.39 is 10.0 Å². The first-order chi connectivity index (χ1) is 15.9. The van der Waals surface area contributed by atoms with E-state index in [1.165, 1.54) is 24.6 Å². The molecule has 176 valence electrons. The zero-order chi connectivity index (χ0) is 23.4. The Hall–Kier alpha value is -2.82. The van der Waals surface area contributed by atoms with Crippen molar-refractivity contribution in [1.82, 2.24) is 9.29 Å². The second-order valence-electron chi connectivity index (χ2n) is 7.56. The Morgan fingerprint density at radius 1 is 0.939 bits per heavy atom. The summed E-state index contributed by atoms with van der Waals surface area (Å²) in [6.45, 7) is 1.94. The van der Waals surface area contributed by atoms with E-state index in [0.717, 1.165) is 28.6 Å². The van der Waals surface area contributed by atoms with Crippen molar-refractivity contribution in [3.05, 3.63) is 59.1 Å². The molecule has 1 aliphatic heterocycles. The van der Waals surface area contributed by atoms with Crippen LogP contribution in [0.15, 0.2) is 52.7 Å². The number of ether oxygens (including phenoxy) is 3. The van der Waals surface area contributed by atoms with Crippen LogP contribution >= 0.6 is 11.3 Å². The van der Waals surface area contributed by atoms with Crippen molar-refractivity contribution in [3.8, 4) is 17.2 Å². The lowest BCUT2D eigenvalue weighted by Gasteiger charge is -2.33. The van der Waals surface area contributed by atoms with Crippen molar-refractivity contribution in [1.29, 1.82) is 0 Å². The number of thiazole rings is 1. The second kappa shape index (κ2) is 9.98. The predicted octanol–water partition coefficient (Wildman–Crippen LogP) is 3.27. The maximum atomic E-state index is 13.1. The van der Waals surface area contributed by atoms with Gasteiger partial charge in [-0.3, -0.25) is 0 Å². The minimum absolute atomic E-state index is 0.198. The highest BCUT2D eigenvalue weighted by atomic mass is 32.2.